The minimum absolute atomic E-state index is 0.251. The average Bonchev–Trinajstić information content (AvgIpc) is 2.56. The summed E-state index contributed by atoms with van der Waals surface area (Å²) in [4.78, 5) is 2.02. The number of halogens is 1. The summed E-state index contributed by atoms with van der Waals surface area (Å²) in [7, 11) is 3.58. The zero-order valence-corrected chi connectivity index (χ0v) is 16.0. The maximum Gasteiger partial charge on any atom is 0.123 e. The molecule has 4 nitrogen and oxygen atoms in total. The van der Waals surface area contributed by atoms with Gasteiger partial charge in [-0.1, -0.05) is 23.7 Å². The Kier molecular flexibility index (Phi) is 7.12. The first kappa shape index (κ1) is 19.6. The molecule has 0 aliphatic carbocycles. The predicted molar refractivity (Wildman–Crippen MR) is 102 cm³/mol. The summed E-state index contributed by atoms with van der Waals surface area (Å²) < 4.78 is 11.1. The van der Waals surface area contributed by atoms with Crippen LogP contribution in [-0.2, 0) is 6.54 Å². The molecule has 0 fully saturated rings. The van der Waals surface area contributed by atoms with Crippen molar-refractivity contribution in [2.24, 2.45) is 0 Å². The molecule has 0 heterocycles. The number of nitrogens with zero attached hydrogens (tertiary/aromatic N) is 1. The number of aliphatic hydroxyl groups excluding tert-OH is 1. The Hall–Kier alpha value is -1.75. The van der Waals surface area contributed by atoms with Crippen molar-refractivity contribution >= 4 is 11.6 Å². The van der Waals surface area contributed by atoms with E-state index in [0.29, 0.717) is 18.1 Å². The van der Waals surface area contributed by atoms with Gasteiger partial charge in [0.1, 0.15) is 24.2 Å². The number of rotatable bonds is 8. The predicted octanol–water partition coefficient (Wildman–Crippen LogP) is 3.84. The molecular weight excluding hydrogens is 338 g/mol. The molecule has 0 aliphatic rings. The summed E-state index contributed by atoms with van der Waals surface area (Å²) in [5.41, 5.74) is 3.19. The molecule has 0 aromatic heterocycles. The Labute approximate surface area is 154 Å². The molecule has 0 saturated carbocycles. The van der Waals surface area contributed by atoms with E-state index >= 15 is 0 Å². The fraction of sp³-hybridized carbons (Fsp3) is 0.400. The van der Waals surface area contributed by atoms with Gasteiger partial charge in [-0.2, -0.15) is 0 Å². The van der Waals surface area contributed by atoms with Gasteiger partial charge in [0.2, 0.25) is 0 Å². The van der Waals surface area contributed by atoms with E-state index < -0.39 is 6.10 Å². The first-order chi connectivity index (χ1) is 11.9. The number of methoxy groups -OCH3 is 1. The Morgan fingerprint density at radius 1 is 1.12 bits per heavy atom. The smallest absolute Gasteiger partial charge is 0.123 e. The SMILES string of the molecule is COc1ccc(Cl)cc1CN(C)C[C@@H](O)COc1cc(C)ccc1C. The molecule has 25 heavy (non-hydrogen) atoms. The van der Waals surface area contributed by atoms with Gasteiger partial charge in [0.05, 0.1) is 7.11 Å². The van der Waals surface area contributed by atoms with E-state index in [1.54, 1.807) is 13.2 Å². The van der Waals surface area contributed by atoms with Crippen LogP contribution in [0.5, 0.6) is 11.5 Å². The van der Waals surface area contributed by atoms with Crippen molar-refractivity contribution in [2.75, 3.05) is 27.3 Å². The molecule has 136 valence electrons. The molecule has 1 atom stereocenters. The number of aliphatic hydroxyl groups is 1. The summed E-state index contributed by atoms with van der Waals surface area (Å²) >= 11 is 6.06. The highest BCUT2D eigenvalue weighted by molar-refractivity contribution is 6.30. The highest BCUT2D eigenvalue weighted by Gasteiger charge is 2.13. The zero-order chi connectivity index (χ0) is 18.4. The topological polar surface area (TPSA) is 41.9 Å². The number of benzene rings is 2. The molecule has 0 aliphatic heterocycles. The number of likely N-dealkylation sites (N-methyl/N-ethyl adjacent to an activating group) is 1. The van der Waals surface area contributed by atoms with E-state index in [1.165, 1.54) is 0 Å². The van der Waals surface area contributed by atoms with E-state index in [2.05, 4.69) is 0 Å². The highest BCUT2D eigenvalue weighted by atomic mass is 35.5. The fourth-order valence-electron chi connectivity index (χ4n) is 2.69. The Balaban J connectivity index is 1.89. The molecule has 2 aromatic rings. The van der Waals surface area contributed by atoms with E-state index in [0.717, 1.165) is 28.2 Å². The van der Waals surface area contributed by atoms with Crippen LogP contribution in [-0.4, -0.2) is 43.4 Å². The summed E-state index contributed by atoms with van der Waals surface area (Å²) in [6.45, 7) is 5.39. The molecule has 2 rings (SSSR count). The van der Waals surface area contributed by atoms with Crippen molar-refractivity contribution in [1.82, 2.24) is 4.90 Å². The molecule has 0 bridgehead atoms. The van der Waals surface area contributed by atoms with Crippen LogP contribution in [0.4, 0.5) is 0 Å². The monoisotopic (exact) mass is 363 g/mol. The summed E-state index contributed by atoms with van der Waals surface area (Å²) in [5.74, 6) is 1.61. The molecule has 1 N–H and O–H groups in total. The summed E-state index contributed by atoms with van der Waals surface area (Å²) in [5, 5.41) is 10.9. The minimum Gasteiger partial charge on any atom is -0.496 e. The van der Waals surface area contributed by atoms with Crippen LogP contribution in [0.25, 0.3) is 0 Å². The van der Waals surface area contributed by atoms with E-state index in [1.807, 2.05) is 56.1 Å². The largest absolute Gasteiger partial charge is 0.496 e. The van der Waals surface area contributed by atoms with Crippen molar-refractivity contribution in [3.05, 3.63) is 58.1 Å². The lowest BCUT2D eigenvalue weighted by atomic mass is 10.1. The highest BCUT2D eigenvalue weighted by Crippen LogP contribution is 2.24. The third-order valence-electron chi connectivity index (χ3n) is 3.98. The lowest BCUT2D eigenvalue weighted by Gasteiger charge is -2.22. The van der Waals surface area contributed by atoms with Gasteiger partial charge in [-0.05, 0) is 56.3 Å². The van der Waals surface area contributed by atoms with Crippen LogP contribution in [0.3, 0.4) is 0 Å². The first-order valence-corrected chi connectivity index (χ1v) is 8.66. The van der Waals surface area contributed by atoms with Crippen LogP contribution in [0.15, 0.2) is 36.4 Å². The van der Waals surface area contributed by atoms with Crippen LogP contribution < -0.4 is 9.47 Å². The Morgan fingerprint density at radius 2 is 1.88 bits per heavy atom. The fourth-order valence-corrected chi connectivity index (χ4v) is 2.88. The Morgan fingerprint density at radius 3 is 2.60 bits per heavy atom. The number of ether oxygens (including phenoxy) is 2. The van der Waals surface area contributed by atoms with E-state index in [-0.39, 0.29) is 6.61 Å². The molecule has 0 amide bonds. The number of aryl methyl sites for hydroxylation is 2. The zero-order valence-electron chi connectivity index (χ0n) is 15.3. The van der Waals surface area contributed by atoms with Gasteiger partial charge < -0.3 is 14.6 Å². The van der Waals surface area contributed by atoms with Gasteiger partial charge in [0.25, 0.3) is 0 Å². The summed E-state index contributed by atoms with van der Waals surface area (Å²) in [6, 6.07) is 11.6. The van der Waals surface area contributed by atoms with E-state index in [9.17, 15) is 5.11 Å². The van der Waals surface area contributed by atoms with Crippen molar-refractivity contribution in [3.63, 3.8) is 0 Å². The normalized spacial score (nSPS) is 12.3. The second-order valence-corrected chi connectivity index (χ2v) is 6.82. The third-order valence-corrected chi connectivity index (χ3v) is 4.22. The van der Waals surface area contributed by atoms with Crippen molar-refractivity contribution in [3.8, 4) is 11.5 Å². The van der Waals surface area contributed by atoms with Crippen LogP contribution in [0.1, 0.15) is 16.7 Å². The third kappa shape index (κ3) is 5.92. The van der Waals surface area contributed by atoms with Crippen LogP contribution in [0.2, 0.25) is 5.02 Å². The van der Waals surface area contributed by atoms with Crippen molar-refractivity contribution in [2.45, 2.75) is 26.5 Å². The minimum atomic E-state index is -0.588. The van der Waals surface area contributed by atoms with Gasteiger partial charge in [-0.15, -0.1) is 0 Å². The standard InChI is InChI=1S/C20H26ClNO3/c1-14-5-6-15(2)20(9-14)25-13-18(23)12-22(3)11-16-10-17(21)7-8-19(16)24-4/h5-10,18,23H,11-13H2,1-4H3/t18-/m1/s1. The average molecular weight is 364 g/mol. The molecule has 0 unspecified atom stereocenters. The Bertz CT molecular complexity index is 705. The second-order valence-electron chi connectivity index (χ2n) is 6.39. The summed E-state index contributed by atoms with van der Waals surface area (Å²) in [6.07, 6.45) is -0.588. The van der Waals surface area contributed by atoms with Gasteiger partial charge in [-0.3, -0.25) is 4.90 Å². The van der Waals surface area contributed by atoms with Crippen molar-refractivity contribution in [1.29, 1.82) is 0 Å². The lowest BCUT2D eigenvalue weighted by Crippen LogP contribution is -2.33. The van der Waals surface area contributed by atoms with Gasteiger partial charge in [0, 0.05) is 23.7 Å². The first-order valence-electron chi connectivity index (χ1n) is 8.28. The molecule has 2 aromatic carbocycles. The van der Waals surface area contributed by atoms with Crippen molar-refractivity contribution < 1.29 is 14.6 Å². The molecular formula is C20H26ClNO3. The number of hydrogen-bond acceptors (Lipinski definition) is 4. The lowest BCUT2D eigenvalue weighted by molar-refractivity contribution is 0.0739. The molecule has 5 heteroatoms. The molecule has 0 radical (unpaired) electrons. The quantitative estimate of drug-likeness (QED) is 0.773. The van der Waals surface area contributed by atoms with Crippen LogP contribution in [0, 0.1) is 13.8 Å². The van der Waals surface area contributed by atoms with Gasteiger partial charge >= 0.3 is 0 Å². The second kappa shape index (κ2) is 9.09. The van der Waals surface area contributed by atoms with Gasteiger partial charge in [-0.25, -0.2) is 0 Å². The number of hydrogen-bond donors (Lipinski definition) is 1. The maximum atomic E-state index is 10.3. The van der Waals surface area contributed by atoms with Gasteiger partial charge in [0.15, 0.2) is 0 Å². The maximum absolute atomic E-state index is 10.3. The molecule has 0 saturated heterocycles. The van der Waals surface area contributed by atoms with E-state index in [4.69, 9.17) is 21.1 Å². The molecule has 0 spiro atoms. The van der Waals surface area contributed by atoms with Crippen LogP contribution >= 0.6 is 11.6 Å².